The van der Waals surface area contributed by atoms with Gasteiger partial charge in [0, 0.05) is 5.75 Å². The fourth-order valence-electron chi connectivity index (χ4n) is 0.757. The van der Waals surface area contributed by atoms with Crippen LogP contribution in [0.3, 0.4) is 0 Å². The molecular weight excluding hydrogens is 136 g/mol. The average Bonchev–Trinajstić information content (AvgIpc) is 1.89. The summed E-state index contributed by atoms with van der Waals surface area (Å²) in [5, 5.41) is 17.7. The zero-order chi connectivity index (χ0) is 6.69. The van der Waals surface area contributed by atoms with Gasteiger partial charge in [-0.25, -0.2) is 0 Å². The molecule has 1 aliphatic rings. The number of hydrogen-bond acceptors (Lipinski definition) is 3. The molecule has 9 heavy (non-hydrogen) atoms. The van der Waals surface area contributed by atoms with Gasteiger partial charge in [0.05, 0.1) is 18.0 Å². The molecule has 0 aliphatic carbocycles. The second kappa shape index (κ2) is 3.25. The van der Waals surface area contributed by atoms with E-state index in [9.17, 15) is 0 Å². The molecule has 1 aliphatic heterocycles. The van der Waals surface area contributed by atoms with Crippen LogP contribution in [0.2, 0.25) is 0 Å². The molecule has 0 aromatic heterocycles. The van der Waals surface area contributed by atoms with Gasteiger partial charge in [-0.15, -0.1) is 11.8 Å². The van der Waals surface area contributed by atoms with Crippen LogP contribution in [-0.2, 0) is 0 Å². The van der Waals surface area contributed by atoms with Crippen LogP contribution in [0, 0.1) is 0 Å². The Labute approximate surface area is 58.6 Å². The van der Waals surface area contributed by atoms with E-state index in [0.29, 0.717) is 0 Å². The fraction of sp³-hybridized carbons (Fsp3) is 0.667. The molecule has 52 valence electrons. The summed E-state index contributed by atoms with van der Waals surface area (Å²) in [6.07, 6.45) is 3.20. The van der Waals surface area contributed by atoms with Crippen molar-refractivity contribution >= 4 is 11.8 Å². The first kappa shape index (κ1) is 7.12. The Kier molecular flexibility index (Phi) is 2.57. The molecule has 0 unspecified atom stereocenters. The predicted octanol–water partition coefficient (Wildman–Crippen LogP) is 0.0112. The van der Waals surface area contributed by atoms with Crippen molar-refractivity contribution in [2.75, 3.05) is 12.4 Å². The Bertz CT molecular complexity index is 114. The minimum absolute atomic E-state index is 0.00463. The fourth-order valence-corrected chi connectivity index (χ4v) is 1.62. The van der Waals surface area contributed by atoms with Gasteiger partial charge in [-0.05, 0) is 0 Å². The molecule has 0 bridgehead atoms. The molecule has 2 atom stereocenters. The predicted molar refractivity (Wildman–Crippen MR) is 38.5 cm³/mol. The molecule has 3 heteroatoms. The van der Waals surface area contributed by atoms with Crippen LogP contribution in [0.1, 0.15) is 0 Å². The van der Waals surface area contributed by atoms with E-state index in [0.717, 1.165) is 5.75 Å². The Morgan fingerprint density at radius 3 is 2.89 bits per heavy atom. The van der Waals surface area contributed by atoms with Crippen molar-refractivity contribution in [3.05, 3.63) is 12.2 Å². The molecule has 0 aromatic rings. The second-order valence-electron chi connectivity index (χ2n) is 1.97. The lowest BCUT2D eigenvalue weighted by atomic mass is 10.2. The highest BCUT2D eigenvalue weighted by Gasteiger charge is 2.17. The van der Waals surface area contributed by atoms with Crippen molar-refractivity contribution in [2.24, 2.45) is 0 Å². The van der Waals surface area contributed by atoms with Crippen molar-refractivity contribution in [1.29, 1.82) is 0 Å². The first-order chi connectivity index (χ1) is 4.34. The van der Waals surface area contributed by atoms with E-state index in [-0.39, 0.29) is 11.9 Å². The van der Waals surface area contributed by atoms with E-state index in [1.165, 1.54) is 0 Å². The Morgan fingerprint density at radius 1 is 1.67 bits per heavy atom. The molecule has 0 fully saturated rings. The molecule has 0 radical (unpaired) electrons. The number of aliphatic hydroxyl groups excluding tert-OH is 2. The number of rotatable bonds is 1. The van der Waals surface area contributed by atoms with Crippen LogP contribution in [0.25, 0.3) is 0 Å². The topological polar surface area (TPSA) is 40.5 Å². The lowest BCUT2D eigenvalue weighted by Gasteiger charge is -2.19. The van der Waals surface area contributed by atoms with Crippen LogP contribution in [-0.4, -0.2) is 33.9 Å². The van der Waals surface area contributed by atoms with Gasteiger partial charge >= 0.3 is 0 Å². The maximum Gasteiger partial charge on any atom is 0.0862 e. The van der Waals surface area contributed by atoms with Crippen molar-refractivity contribution in [2.45, 2.75) is 11.4 Å². The summed E-state index contributed by atoms with van der Waals surface area (Å²) < 4.78 is 0. The van der Waals surface area contributed by atoms with Crippen LogP contribution in [0.4, 0.5) is 0 Å². The number of thioether (sulfide) groups is 1. The summed E-state index contributed by atoms with van der Waals surface area (Å²) in [4.78, 5) is 0. The van der Waals surface area contributed by atoms with Crippen LogP contribution < -0.4 is 0 Å². The SMILES string of the molecule is OC[C@H]1SCC=C[C@H]1O. The molecular formula is C6H10O2S. The van der Waals surface area contributed by atoms with E-state index in [1.54, 1.807) is 17.8 Å². The van der Waals surface area contributed by atoms with Crippen LogP contribution >= 0.6 is 11.8 Å². The summed E-state index contributed by atoms with van der Waals surface area (Å²) in [5.74, 6) is 0.905. The molecule has 1 heterocycles. The lowest BCUT2D eigenvalue weighted by molar-refractivity contribution is 0.176. The third-order valence-electron chi connectivity index (χ3n) is 1.30. The van der Waals surface area contributed by atoms with E-state index in [1.807, 2.05) is 6.08 Å². The van der Waals surface area contributed by atoms with Gasteiger partial charge in [0.2, 0.25) is 0 Å². The van der Waals surface area contributed by atoms with E-state index in [2.05, 4.69) is 0 Å². The van der Waals surface area contributed by atoms with Crippen molar-refractivity contribution in [3.63, 3.8) is 0 Å². The standard InChI is InChI=1S/C6H10O2S/c7-4-6-5(8)2-1-3-9-6/h1-2,5-8H,3-4H2/t5-,6-/m1/s1. The van der Waals surface area contributed by atoms with Gasteiger partial charge < -0.3 is 10.2 Å². The first-order valence-corrected chi connectivity index (χ1v) is 3.96. The smallest absolute Gasteiger partial charge is 0.0862 e. The molecule has 1 rings (SSSR count). The summed E-state index contributed by atoms with van der Waals surface area (Å²) in [5.41, 5.74) is 0. The second-order valence-corrected chi connectivity index (χ2v) is 3.25. The molecule has 0 saturated carbocycles. The highest BCUT2D eigenvalue weighted by Crippen LogP contribution is 2.19. The maximum atomic E-state index is 9.10. The first-order valence-electron chi connectivity index (χ1n) is 2.92. The number of hydrogen-bond donors (Lipinski definition) is 2. The molecule has 0 amide bonds. The van der Waals surface area contributed by atoms with Crippen molar-refractivity contribution in [1.82, 2.24) is 0 Å². The van der Waals surface area contributed by atoms with E-state index in [4.69, 9.17) is 10.2 Å². The van der Waals surface area contributed by atoms with Gasteiger partial charge in [0.25, 0.3) is 0 Å². The summed E-state index contributed by atoms with van der Waals surface area (Å²) in [7, 11) is 0. The quantitative estimate of drug-likeness (QED) is 0.512. The number of aliphatic hydroxyl groups is 2. The summed E-state index contributed by atoms with van der Waals surface area (Å²) in [6, 6.07) is 0. The van der Waals surface area contributed by atoms with Gasteiger partial charge in [-0.3, -0.25) is 0 Å². The minimum Gasteiger partial charge on any atom is -0.395 e. The monoisotopic (exact) mass is 146 g/mol. The van der Waals surface area contributed by atoms with Gasteiger partial charge in [-0.1, -0.05) is 12.2 Å². The summed E-state index contributed by atoms with van der Waals surface area (Å²) in [6.45, 7) is 0.0656. The minimum atomic E-state index is -0.450. The van der Waals surface area contributed by atoms with Crippen molar-refractivity contribution < 1.29 is 10.2 Å². The Balaban J connectivity index is 2.44. The van der Waals surface area contributed by atoms with E-state index >= 15 is 0 Å². The van der Waals surface area contributed by atoms with Gasteiger partial charge in [0.1, 0.15) is 0 Å². The molecule has 0 saturated heterocycles. The third kappa shape index (κ3) is 1.71. The zero-order valence-corrected chi connectivity index (χ0v) is 5.84. The normalized spacial score (nSPS) is 34.9. The molecule has 2 nitrogen and oxygen atoms in total. The highest BCUT2D eigenvalue weighted by molar-refractivity contribution is 8.00. The van der Waals surface area contributed by atoms with Gasteiger partial charge in [-0.2, -0.15) is 0 Å². The summed E-state index contributed by atoms with van der Waals surface area (Å²) >= 11 is 1.58. The van der Waals surface area contributed by atoms with Crippen LogP contribution in [0.15, 0.2) is 12.2 Å². The Morgan fingerprint density at radius 2 is 2.44 bits per heavy atom. The van der Waals surface area contributed by atoms with Gasteiger partial charge in [0.15, 0.2) is 0 Å². The maximum absolute atomic E-state index is 9.10. The average molecular weight is 146 g/mol. The molecule has 0 spiro atoms. The Hall–Kier alpha value is 0.01000. The van der Waals surface area contributed by atoms with Crippen molar-refractivity contribution in [3.8, 4) is 0 Å². The van der Waals surface area contributed by atoms with Crippen LogP contribution in [0.5, 0.6) is 0 Å². The molecule has 2 N–H and O–H groups in total. The molecule has 0 aromatic carbocycles. The third-order valence-corrected chi connectivity index (χ3v) is 2.54. The highest BCUT2D eigenvalue weighted by atomic mass is 32.2. The largest absolute Gasteiger partial charge is 0.395 e. The lowest BCUT2D eigenvalue weighted by Crippen LogP contribution is -2.27. The zero-order valence-electron chi connectivity index (χ0n) is 5.03. The van der Waals surface area contributed by atoms with E-state index < -0.39 is 6.10 Å².